The summed E-state index contributed by atoms with van der Waals surface area (Å²) in [5.74, 6) is 0.494. The molecule has 0 heterocycles. The van der Waals surface area contributed by atoms with Gasteiger partial charge in [-0.05, 0) is 44.0 Å². The molecule has 0 aliphatic heterocycles. The van der Waals surface area contributed by atoms with Crippen molar-refractivity contribution in [3.8, 4) is 11.5 Å². The van der Waals surface area contributed by atoms with Gasteiger partial charge in [0.1, 0.15) is 16.9 Å². The Morgan fingerprint density at radius 3 is 1.92 bits per heavy atom. The number of benzene rings is 2. The van der Waals surface area contributed by atoms with Crippen LogP contribution in [0.4, 0.5) is 11.4 Å². The Morgan fingerprint density at radius 2 is 1.42 bits per heavy atom. The summed E-state index contributed by atoms with van der Waals surface area (Å²) in [4.78, 5) is 25.5. The fourth-order valence-corrected chi connectivity index (χ4v) is 2.77. The molecule has 1 aliphatic rings. The van der Waals surface area contributed by atoms with E-state index in [-0.39, 0.29) is 11.8 Å². The second-order valence-electron chi connectivity index (χ2n) is 6.12. The third-order valence-corrected chi connectivity index (χ3v) is 4.41. The number of ether oxygens (including phenoxy) is 2. The lowest BCUT2D eigenvalue weighted by Crippen LogP contribution is -2.35. The number of amides is 2. The van der Waals surface area contributed by atoms with Gasteiger partial charge in [-0.25, -0.2) is 0 Å². The zero-order valence-corrected chi connectivity index (χ0v) is 14.9. The zero-order chi connectivity index (χ0) is 18.6. The molecule has 3 rings (SSSR count). The van der Waals surface area contributed by atoms with Gasteiger partial charge in [0.25, 0.3) is 0 Å². The lowest BCUT2D eigenvalue weighted by Gasteiger charge is -2.18. The molecule has 0 atom stereocenters. The van der Waals surface area contributed by atoms with Crippen LogP contribution < -0.4 is 20.1 Å². The molecule has 136 valence electrons. The molecule has 0 saturated heterocycles. The molecule has 1 saturated carbocycles. The number of carbonyl (C=O) groups excluding carboxylic acids is 2. The molecule has 0 radical (unpaired) electrons. The zero-order valence-electron chi connectivity index (χ0n) is 14.9. The van der Waals surface area contributed by atoms with Crippen molar-refractivity contribution >= 4 is 23.2 Å². The lowest BCUT2D eigenvalue weighted by molar-refractivity contribution is -0.131. The minimum absolute atomic E-state index is 0.322. The average molecular weight is 354 g/mol. The van der Waals surface area contributed by atoms with E-state index in [9.17, 15) is 9.59 Å². The minimum atomic E-state index is -1.06. The molecule has 2 aromatic carbocycles. The minimum Gasteiger partial charge on any atom is -0.495 e. The highest BCUT2D eigenvalue weighted by atomic mass is 16.5. The van der Waals surface area contributed by atoms with Crippen LogP contribution in [-0.2, 0) is 9.59 Å². The van der Waals surface area contributed by atoms with Crippen molar-refractivity contribution in [3.63, 3.8) is 0 Å². The number of methoxy groups -OCH3 is 1. The SMILES string of the molecule is CCOc1ccccc1NC(=O)C1(C(=O)Nc2ccccc2OC)CC1. The number of rotatable bonds is 7. The number of hydrogen-bond acceptors (Lipinski definition) is 4. The van der Waals surface area contributed by atoms with E-state index in [4.69, 9.17) is 9.47 Å². The number of nitrogens with one attached hydrogen (secondary N) is 2. The van der Waals surface area contributed by atoms with Gasteiger partial charge in [0.05, 0.1) is 25.1 Å². The monoisotopic (exact) mass is 354 g/mol. The molecule has 2 aromatic rings. The maximum absolute atomic E-state index is 12.8. The fraction of sp³-hybridized carbons (Fsp3) is 0.300. The van der Waals surface area contributed by atoms with E-state index >= 15 is 0 Å². The van der Waals surface area contributed by atoms with Gasteiger partial charge in [0, 0.05) is 0 Å². The predicted molar refractivity (Wildman–Crippen MR) is 99.5 cm³/mol. The van der Waals surface area contributed by atoms with E-state index in [0.29, 0.717) is 42.3 Å². The molecule has 6 heteroatoms. The van der Waals surface area contributed by atoms with Crippen molar-refractivity contribution in [1.82, 2.24) is 0 Å². The summed E-state index contributed by atoms with van der Waals surface area (Å²) in [6.07, 6.45) is 1.02. The van der Waals surface area contributed by atoms with Crippen LogP contribution in [0.3, 0.4) is 0 Å². The van der Waals surface area contributed by atoms with Crippen LogP contribution in [0.5, 0.6) is 11.5 Å². The van der Waals surface area contributed by atoms with Gasteiger partial charge < -0.3 is 20.1 Å². The summed E-state index contributed by atoms with van der Waals surface area (Å²) < 4.78 is 10.8. The molecule has 1 aliphatic carbocycles. The van der Waals surface area contributed by atoms with Crippen LogP contribution in [0, 0.1) is 5.41 Å². The van der Waals surface area contributed by atoms with E-state index < -0.39 is 5.41 Å². The van der Waals surface area contributed by atoms with Crippen LogP contribution in [0.25, 0.3) is 0 Å². The van der Waals surface area contributed by atoms with Gasteiger partial charge in [-0.2, -0.15) is 0 Å². The lowest BCUT2D eigenvalue weighted by atomic mass is 10.0. The maximum atomic E-state index is 12.8. The van der Waals surface area contributed by atoms with Crippen molar-refractivity contribution in [2.45, 2.75) is 19.8 Å². The highest BCUT2D eigenvalue weighted by Crippen LogP contribution is 2.48. The van der Waals surface area contributed by atoms with Crippen LogP contribution in [0.2, 0.25) is 0 Å². The van der Waals surface area contributed by atoms with Crippen LogP contribution in [0.15, 0.2) is 48.5 Å². The van der Waals surface area contributed by atoms with Gasteiger partial charge >= 0.3 is 0 Å². The molecular formula is C20H22N2O4. The van der Waals surface area contributed by atoms with E-state index in [0.717, 1.165) is 0 Å². The summed E-state index contributed by atoms with van der Waals surface area (Å²) >= 11 is 0. The van der Waals surface area contributed by atoms with Crippen molar-refractivity contribution in [2.24, 2.45) is 5.41 Å². The number of para-hydroxylation sites is 4. The maximum Gasteiger partial charge on any atom is 0.240 e. The Labute approximate surface area is 152 Å². The smallest absolute Gasteiger partial charge is 0.240 e. The first-order valence-electron chi connectivity index (χ1n) is 8.58. The second-order valence-corrected chi connectivity index (χ2v) is 6.12. The molecule has 1 fully saturated rings. The van der Waals surface area contributed by atoms with Crippen LogP contribution in [0.1, 0.15) is 19.8 Å². The predicted octanol–water partition coefficient (Wildman–Crippen LogP) is 3.45. The average Bonchev–Trinajstić information content (AvgIpc) is 3.46. The van der Waals surface area contributed by atoms with Gasteiger partial charge in [-0.15, -0.1) is 0 Å². The third kappa shape index (κ3) is 3.49. The first-order valence-corrected chi connectivity index (χ1v) is 8.58. The Kier molecular flexibility index (Phi) is 5.11. The number of carbonyl (C=O) groups is 2. The van der Waals surface area contributed by atoms with Crippen LogP contribution >= 0.6 is 0 Å². The molecule has 0 aromatic heterocycles. The Balaban J connectivity index is 1.74. The first kappa shape index (κ1) is 17.8. The topological polar surface area (TPSA) is 76.7 Å². The Hall–Kier alpha value is -3.02. The number of hydrogen-bond donors (Lipinski definition) is 2. The van der Waals surface area contributed by atoms with E-state index in [1.165, 1.54) is 7.11 Å². The standard InChI is InChI=1S/C20H22N2O4/c1-3-26-17-11-7-5-9-15(17)22-19(24)20(12-13-20)18(23)21-14-8-4-6-10-16(14)25-2/h4-11H,3,12-13H2,1-2H3,(H,21,23)(H,22,24). The highest BCUT2D eigenvalue weighted by Gasteiger charge is 2.56. The van der Waals surface area contributed by atoms with Gasteiger partial charge in [0.2, 0.25) is 11.8 Å². The van der Waals surface area contributed by atoms with Crippen molar-refractivity contribution in [3.05, 3.63) is 48.5 Å². The Morgan fingerprint density at radius 1 is 0.923 bits per heavy atom. The van der Waals surface area contributed by atoms with Gasteiger partial charge in [-0.1, -0.05) is 24.3 Å². The molecule has 2 amide bonds. The number of anilines is 2. The highest BCUT2D eigenvalue weighted by molar-refractivity contribution is 6.17. The molecule has 0 unspecified atom stereocenters. The molecule has 6 nitrogen and oxygen atoms in total. The first-order chi connectivity index (χ1) is 12.6. The summed E-state index contributed by atoms with van der Waals surface area (Å²) in [6, 6.07) is 14.3. The summed E-state index contributed by atoms with van der Waals surface area (Å²) in [5, 5.41) is 5.65. The van der Waals surface area contributed by atoms with Gasteiger partial charge in [-0.3, -0.25) is 9.59 Å². The normalized spacial score (nSPS) is 14.2. The molecule has 26 heavy (non-hydrogen) atoms. The van der Waals surface area contributed by atoms with Gasteiger partial charge in [0.15, 0.2) is 0 Å². The van der Waals surface area contributed by atoms with Crippen molar-refractivity contribution in [2.75, 3.05) is 24.4 Å². The summed E-state index contributed by atoms with van der Waals surface area (Å²) in [6.45, 7) is 2.37. The molecule has 2 N–H and O–H groups in total. The second kappa shape index (κ2) is 7.47. The Bertz CT molecular complexity index is 815. The third-order valence-electron chi connectivity index (χ3n) is 4.41. The quantitative estimate of drug-likeness (QED) is 0.747. The van der Waals surface area contributed by atoms with E-state index in [1.54, 1.807) is 30.3 Å². The van der Waals surface area contributed by atoms with Crippen molar-refractivity contribution in [1.29, 1.82) is 0 Å². The van der Waals surface area contributed by atoms with E-state index in [2.05, 4.69) is 10.6 Å². The molecule has 0 bridgehead atoms. The fourth-order valence-electron chi connectivity index (χ4n) is 2.77. The van der Waals surface area contributed by atoms with Crippen molar-refractivity contribution < 1.29 is 19.1 Å². The summed E-state index contributed by atoms with van der Waals surface area (Å²) in [7, 11) is 1.54. The largest absolute Gasteiger partial charge is 0.495 e. The van der Waals surface area contributed by atoms with Crippen LogP contribution in [-0.4, -0.2) is 25.5 Å². The van der Waals surface area contributed by atoms with E-state index in [1.807, 2.05) is 25.1 Å². The molecular weight excluding hydrogens is 332 g/mol. The summed E-state index contributed by atoms with van der Waals surface area (Å²) in [5.41, 5.74) is 0.0599. The molecule has 0 spiro atoms.